The standard InChI is InChI=1S/C21H15ClN2O3/c22-15-8-2-5-11-19(15)26-20-12-6-3-9-16(20)23-21(25)13-17-14-7-1-4-10-18(14)27-24-17/h1-12H,13H2,(H,23,25). The van der Waals surface area contributed by atoms with Gasteiger partial charge in [-0.1, -0.05) is 53.2 Å². The number of ether oxygens (including phenoxy) is 1. The van der Waals surface area contributed by atoms with Crippen LogP contribution >= 0.6 is 11.6 Å². The van der Waals surface area contributed by atoms with Crippen LogP contribution in [0.25, 0.3) is 11.0 Å². The molecule has 6 heteroatoms. The third-order valence-corrected chi connectivity index (χ3v) is 4.31. The van der Waals surface area contributed by atoms with Gasteiger partial charge in [-0.15, -0.1) is 0 Å². The van der Waals surface area contributed by atoms with Gasteiger partial charge in [0.15, 0.2) is 11.3 Å². The van der Waals surface area contributed by atoms with Crippen molar-refractivity contribution in [1.82, 2.24) is 5.16 Å². The minimum absolute atomic E-state index is 0.0947. The van der Waals surface area contributed by atoms with Gasteiger partial charge in [0.2, 0.25) is 5.91 Å². The summed E-state index contributed by atoms with van der Waals surface area (Å²) in [5, 5.41) is 8.18. The molecule has 4 aromatic rings. The molecule has 0 unspecified atom stereocenters. The third-order valence-electron chi connectivity index (χ3n) is 4.00. The Labute approximate surface area is 160 Å². The molecule has 0 aliphatic heterocycles. The molecule has 0 spiro atoms. The van der Waals surface area contributed by atoms with Crippen molar-refractivity contribution in [3.63, 3.8) is 0 Å². The molecule has 5 nitrogen and oxygen atoms in total. The van der Waals surface area contributed by atoms with Crippen molar-refractivity contribution in [3.05, 3.63) is 83.5 Å². The summed E-state index contributed by atoms with van der Waals surface area (Å²) in [6.07, 6.45) is 0.0947. The van der Waals surface area contributed by atoms with Crippen LogP contribution < -0.4 is 10.1 Å². The Hall–Kier alpha value is -3.31. The van der Waals surface area contributed by atoms with Crippen molar-refractivity contribution in [3.8, 4) is 11.5 Å². The van der Waals surface area contributed by atoms with Gasteiger partial charge in [0.05, 0.1) is 17.1 Å². The lowest BCUT2D eigenvalue weighted by Gasteiger charge is -2.12. The Balaban J connectivity index is 1.52. The van der Waals surface area contributed by atoms with E-state index >= 15 is 0 Å². The molecule has 0 saturated heterocycles. The van der Waals surface area contributed by atoms with E-state index in [0.29, 0.717) is 33.5 Å². The number of hydrogen-bond acceptors (Lipinski definition) is 4. The average molecular weight is 379 g/mol. The lowest BCUT2D eigenvalue weighted by molar-refractivity contribution is -0.115. The van der Waals surface area contributed by atoms with Crippen LogP contribution in [0.4, 0.5) is 5.69 Å². The lowest BCUT2D eigenvalue weighted by Crippen LogP contribution is -2.15. The smallest absolute Gasteiger partial charge is 0.230 e. The second-order valence-electron chi connectivity index (χ2n) is 5.88. The number of carbonyl (C=O) groups excluding carboxylic acids is 1. The molecule has 0 radical (unpaired) electrons. The molecule has 4 rings (SSSR count). The number of nitrogens with one attached hydrogen (secondary N) is 1. The number of aromatic nitrogens is 1. The number of rotatable bonds is 5. The zero-order valence-corrected chi connectivity index (χ0v) is 14.9. The van der Waals surface area contributed by atoms with E-state index in [1.807, 2.05) is 48.5 Å². The molecule has 1 amide bonds. The predicted molar refractivity (Wildman–Crippen MR) is 104 cm³/mol. The molecule has 134 valence electrons. The first kappa shape index (κ1) is 17.1. The molecule has 1 heterocycles. The summed E-state index contributed by atoms with van der Waals surface area (Å²) in [6.45, 7) is 0. The summed E-state index contributed by atoms with van der Waals surface area (Å²) in [6, 6.07) is 21.8. The van der Waals surface area contributed by atoms with E-state index in [4.69, 9.17) is 20.9 Å². The van der Waals surface area contributed by atoms with Gasteiger partial charge in [0.1, 0.15) is 11.4 Å². The van der Waals surface area contributed by atoms with Crippen LogP contribution in [0, 0.1) is 0 Å². The van der Waals surface area contributed by atoms with Crippen LogP contribution in [0.5, 0.6) is 11.5 Å². The van der Waals surface area contributed by atoms with E-state index in [0.717, 1.165) is 5.39 Å². The first-order valence-corrected chi connectivity index (χ1v) is 8.73. The Bertz CT molecular complexity index is 1110. The highest BCUT2D eigenvalue weighted by atomic mass is 35.5. The minimum atomic E-state index is -0.218. The van der Waals surface area contributed by atoms with E-state index in [1.165, 1.54) is 0 Å². The molecule has 0 fully saturated rings. The summed E-state index contributed by atoms with van der Waals surface area (Å²) >= 11 is 6.15. The fourth-order valence-corrected chi connectivity index (χ4v) is 2.89. The number of benzene rings is 3. The van der Waals surface area contributed by atoms with E-state index in [9.17, 15) is 4.79 Å². The van der Waals surface area contributed by atoms with Crippen molar-refractivity contribution in [2.24, 2.45) is 0 Å². The number of nitrogens with zero attached hydrogens (tertiary/aromatic N) is 1. The van der Waals surface area contributed by atoms with E-state index < -0.39 is 0 Å². The number of amides is 1. The average Bonchev–Trinajstić information content (AvgIpc) is 3.08. The Kier molecular flexibility index (Phi) is 4.77. The molecular weight excluding hydrogens is 364 g/mol. The molecule has 0 atom stereocenters. The third kappa shape index (κ3) is 3.78. The maximum absolute atomic E-state index is 12.5. The van der Waals surface area contributed by atoms with Crippen LogP contribution in [0.3, 0.4) is 0 Å². The second kappa shape index (κ2) is 7.51. The predicted octanol–water partition coefficient (Wildman–Crippen LogP) is 5.45. The van der Waals surface area contributed by atoms with Crippen LogP contribution in [0.1, 0.15) is 5.69 Å². The monoisotopic (exact) mass is 378 g/mol. The normalized spacial score (nSPS) is 10.7. The molecular formula is C21H15ClN2O3. The van der Waals surface area contributed by atoms with Crippen molar-refractivity contribution in [1.29, 1.82) is 0 Å². The molecule has 27 heavy (non-hydrogen) atoms. The fourth-order valence-electron chi connectivity index (χ4n) is 2.72. The molecule has 1 N–H and O–H groups in total. The fraction of sp³-hybridized carbons (Fsp3) is 0.0476. The summed E-state index contributed by atoms with van der Waals surface area (Å²) < 4.78 is 11.1. The summed E-state index contributed by atoms with van der Waals surface area (Å²) in [5.41, 5.74) is 1.80. The number of hydrogen-bond donors (Lipinski definition) is 1. The van der Waals surface area contributed by atoms with Crippen LogP contribution in [-0.4, -0.2) is 11.1 Å². The van der Waals surface area contributed by atoms with Gasteiger partial charge in [0, 0.05) is 5.39 Å². The van der Waals surface area contributed by atoms with Gasteiger partial charge < -0.3 is 14.6 Å². The van der Waals surface area contributed by atoms with Gasteiger partial charge in [-0.2, -0.15) is 0 Å². The molecule has 0 aliphatic rings. The zero-order chi connectivity index (χ0) is 18.6. The quantitative estimate of drug-likeness (QED) is 0.501. The highest BCUT2D eigenvalue weighted by Gasteiger charge is 2.14. The van der Waals surface area contributed by atoms with Gasteiger partial charge in [0.25, 0.3) is 0 Å². The van der Waals surface area contributed by atoms with Crippen LogP contribution in [0.15, 0.2) is 77.3 Å². The van der Waals surface area contributed by atoms with E-state index in [-0.39, 0.29) is 12.3 Å². The molecule has 0 aliphatic carbocycles. The van der Waals surface area contributed by atoms with Gasteiger partial charge in [-0.05, 0) is 36.4 Å². The molecule has 0 bridgehead atoms. The maximum Gasteiger partial charge on any atom is 0.230 e. The Morgan fingerprint density at radius 1 is 0.963 bits per heavy atom. The first-order valence-electron chi connectivity index (χ1n) is 8.35. The van der Waals surface area contributed by atoms with Crippen molar-refractivity contribution < 1.29 is 14.1 Å². The minimum Gasteiger partial charge on any atom is -0.454 e. The van der Waals surface area contributed by atoms with Crippen molar-refractivity contribution in [2.75, 3.05) is 5.32 Å². The van der Waals surface area contributed by atoms with Crippen molar-refractivity contribution in [2.45, 2.75) is 6.42 Å². The maximum atomic E-state index is 12.5. The number of fused-ring (bicyclic) bond motifs is 1. The Morgan fingerprint density at radius 2 is 1.67 bits per heavy atom. The highest BCUT2D eigenvalue weighted by Crippen LogP contribution is 2.33. The second-order valence-corrected chi connectivity index (χ2v) is 6.29. The van der Waals surface area contributed by atoms with E-state index in [1.54, 1.807) is 24.3 Å². The van der Waals surface area contributed by atoms with Crippen molar-refractivity contribution >= 4 is 34.2 Å². The SMILES string of the molecule is O=C(Cc1noc2ccccc12)Nc1ccccc1Oc1ccccc1Cl. The van der Waals surface area contributed by atoms with Gasteiger partial charge in [-0.3, -0.25) is 4.79 Å². The summed E-state index contributed by atoms with van der Waals surface area (Å²) in [5.74, 6) is 0.802. The zero-order valence-electron chi connectivity index (χ0n) is 14.2. The van der Waals surface area contributed by atoms with E-state index in [2.05, 4.69) is 10.5 Å². The van der Waals surface area contributed by atoms with Gasteiger partial charge in [-0.25, -0.2) is 0 Å². The highest BCUT2D eigenvalue weighted by molar-refractivity contribution is 6.32. The van der Waals surface area contributed by atoms with Gasteiger partial charge >= 0.3 is 0 Å². The number of halogens is 1. The number of carbonyl (C=O) groups is 1. The first-order chi connectivity index (χ1) is 13.2. The largest absolute Gasteiger partial charge is 0.454 e. The number of anilines is 1. The summed E-state index contributed by atoms with van der Waals surface area (Å²) in [4.78, 5) is 12.5. The van der Waals surface area contributed by atoms with Crippen LogP contribution in [0.2, 0.25) is 5.02 Å². The molecule has 3 aromatic carbocycles. The molecule has 1 aromatic heterocycles. The lowest BCUT2D eigenvalue weighted by atomic mass is 10.1. The Morgan fingerprint density at radius 3 is 2.52 bits per heavy atom. The molecule has 0 saturated carbocycles. The topological polar surface area (TPSA) is 64.4 Å². The number of para-hydroxylation sites is 4. The summed E-state index contributed by atoms with van der Waals surface area (Å²) in [7, 11) is 0. The van der Waals surface area contributed by atoms with Crippen LogP contribution in [-0.2, 0) is 11.2 Å².